The first kappa shape index (κ1) is 24.7. The molecule has 3 aromatic carbocycles. The van der Waals surface area contributed by atoms with Gasteiger partial charge in [-0.1, -0.05) is 62.4 Å². The molecular formula is C28H27N5O3S. The largest absolute Gasteiger partial charge is 0.292 e. The van der Waals surface area contributed by atoms with E-state index in [1.807, 2.05) is 35.3 Å². The Hall–Kier alpha value is -3.98. The van der Waals surface area contributed by atoms with Gasteiger partial charge >= 0.3 is 0 Å². The molecule has 0 saturated carbocycles. The van der Waals surface area contributed by atoms with Gasteiger partial charge in [0.1, 0.15) is 0 Å². The molecule has 0 fully saturated rings. The van der Waals surface area contributed by atoms with Crippen molar-refractivity contribution in [2.75, 3.05) is 10.0 Å². The number of hydrazone groups is 2. The second-order valence-corrected chi connectivity index (χ2v) is 10.6. The van der Waals surface area contributed by atoms with E-state index < -0.39 is 9.92 Å². The number of non-ortho nitro benzene ring substituents is 1. The van der Waals surface area contributed by atoms with Crippen LogP contribution in [0.25, 0.3) is 0 Å². The van der Waals surface area contributed by atoms with Gasteiger partial charge in [-0.3, -0.25) is 14.9 Å². The lowest BCUT2D eigenvalue weighted by molar-refractivity contribution is -0.384. The Bertz CT molecular complexity index is 1400. The van der Waals surface area contributed by atoms with E-state index in [-0.39, 0.29) is 11.5 Å². The van der Waals surface area contributed by atoms with Crippen molar-refractivity contribution in [3.63, 3.8) is 0 Å². The van der Waals surface area contributed by atoms with Crippen molar-refractivity contribution < 1.29 is 9.72 Å². The predicted octanol–water partition coefficient (Wildman–Crippen LogP) is 6.53. The maximum Gasteiger partial charge on any atom is 0.271 e. The van der Waals surface area contributed by atoms with E-state index >= 15 is 0 Å². The molecular weight excluding hydrogens is 486 g/mol. The third-order valence-electron chi connectivity index (χ3n) is 6.52. The molecule has 2 heterocycles. The molecule has 1 spiro atoms. The molecule has 3 aromatic rings. The number of para-hydroxylation sites is 1. The minimum absolute atomic E-state index is 0.0411. The number of hydrogen-bond acceptors (Lipinski definition) is 8. The van der Waals surface area contributed by atoms with Crippen LogP contribution in [0, 0.1) is 10.1 Å². The Balaban J connectivity index is 1.64. The van der Waals surface area contributed by atoms with Gasteiger partial charge in [0.2, 0.25) is 4.99 Å². The first-order chi connectivity index (χ1) is 17.8. The number of benzene rings is 3. The summed E-state index contributed by atoms with van der Waals surface area (Å²) in [5.74, 6) is 0.274. The standard InChI is InChI=1S/C28H27N5O3S/c1-19(2)21-12-14-22(15-13-21)26-16-17-28(31(29-26)23-8-5-4-6-9-23)32(30-27(37-28)20(3)34)24-10-7-11-25(18-24)33(35)36/h4-15,18-19H,16-17H2,1-3H3/t28-/m0/s1. The van der Waals surface area contributed by atoms with Crippen molar-refractivity contribution in [2.24, 2.45) is 10.2 Å². The monoisotopic (exact) mass is 513 g/mol. The van der Waals surface area contributed by atoms with E-state index in [1.165, 1.54) is 36.4 Å². The summed E-state index contributed by atoms with van der Waals surface area (Å²) in [5, 5.41) is 25.3. The van der Waals surface area contributed by atoms with Gasteiger partial charge < -0.3 is 0 Å². The van der Waals surface area contributed by atoms with Gasteiger partial charge in [-0.15, -0.1) is 0 Å². The summed E-state index contributed by atoms with van der Waals surface area (Å²) in [6.07, 6.45) is 1.23. The van der Waals surface area contributed by atoms with Crippen molar-refractivity contribution in [1.82, 2.24) is 0 Å². The summed E-state index contributed by atoms with van der Waals surface area (Å²) in [5.41, 5.74) is 4.55. The highest BCUT2D eigenvalue weighted by Crippen LogP contribution is 2.50. The Morgan fingerprint density at radius 3 is 2.30 bits per heavy atom. The van der Waals surface area contributed by atoms with Crippen LogP contribution < -0.4 is 10.0 Å². The van der Waals surface area contributed by atoms with Gasteiger partial charge in [0, 0.05) is 25.5 Å². The van der Waals surface area contributed by atoms with E-state index in [1.54, 1.807) is 17.1 Å². The van der Waals surface area contributed by atoms with Crippen molar-refractivity contribution in [3.8, 4) is 0 Å². The lowest BCUT2D eigenvalue weighted by atomic mass is 9.97. The number of nitro groups is 1. The zero-order valence-electron chi connectivity index (χ0n) is 20.9. The average Bonchev–Trinajstić information content (AvgIpc) is 3.29. The van der Waals surface area contributed by atoms with Crippen LogP contribution in [0.15, 0.2) is 89.1 Å². The second-order valence-electron chi connectivity index (χ2n) is 9.37. The minimum atomic E-state index is -0.904. The maximum absolute atomic E-state index is 12.5. The molecule has 0 saturated heterocycles. The van der Waals surface area contributed by atoms with E-state index in [9.17, 15) is 14.9 Å². The van der Waals surface area contributed by atoms with Crippen molar-refractivity contribution in [3.05, 3.63) is 100 Å². The van der Waals surface area contributed by atoms with Gasteiger partial charge in [-0.25, -0.2) is 10.0 Å². The molecule has 8 nitrogen and oxygen atoms in total. The number of Topliss-reactive ketones (excluding diaryl/α,β-unsaturated/α-hetero) is 1. The summed E-state index contributed by atoms with van der Waals surface area (Å²) < 4.78 is 0. The first-order valence-corrected chi connectivity index (χ1v) is 13.0. The fourth-order valence-corrected chi connectivity index (χ4v) is 5.79. The van der Waals surface area contributed by atoms with Crippen molar-refractivity contribution in [1.29, 1.82) is 0 Å². The Morgan fingerprint density at radius 1 is 0.973 bits per heavy atom. The highest BCUT2D eigenvalue weighted by Gasteiger charge is 2.53. The van der Waals surface area contributed by atoms with Crippen LogP contribution >= 0.6 is 11.8 Å². The van der Waals surface area contributed by atoms with Crippen molar-refractivity contribution in [2.45, 2.75) is 44.5 Å². The molecule has 188 valence electrons. The smallest absolute Gasteiger partial charge is 0.271 e. The highest BCUT2D eigenvalue weighted by molar-refractivity contribution is 8.17. The molecule has 0 aromatic heterocycles. The molecule has 0 radical (unpaired) electrons. The number of carbonyl (C=O) groups excluding carboxylic acids is 1. The Labute approximate surface area is 219 Å². The van der Waals surface area contributed by atoms with Crippen LogP contribution in [0.4, 0.5) is 17.1 Å². The van der Waals surface area contributed by atoms with Crippen LogP contribution in [-0.4, -0.2) is 26.5 Å². The number of carbonyl (C=O) groups is 1. The third kappa shape index (κ3) is 4.62. The molecule has 0 amide bonds. The number of anilines is 2. The average molecular weight is 514 g/mol. The lowest BCUT2D eigenvalue weighted by Crippen LogP contribution is -2.56. The third-order valence-corrected chi connectivity index (χ3v) is 7.96. The van der Waals surface area contributed by atoms with Crippen LogP contribution in [0.1, 0.15) is 50.7 Å². The topological polar surface area (TPSA) is 91.4 Å². The lowest BCUT2D eigenvalue weighted by Gasteiger charge is -2.46. The number of hydrogen-bond donors (Lipinski definition) is 0. The number of rotatable bonds is 6. The van der Waals surface area contributed by atoms with Gasteiger partial charge in [0.25, 0.3) is 5.69 Å². The summed E-state index contributed by atoms with van der Waals surface area (Å²) in [6.45, 7) is 5.82. The molecule has 2 aliphatic heterocycles. The van der Waals surface area contributed by atoms with Crippen LogP contribution in [-0.2, 0) is 4.79 Å². The summed E-state index contributed by atoms with van der Waals surface area (Å²) in [4.78, 5) is 22.7. The first-order valence-electron chi connectivity index (χ1n) is 12.1. The van der Waals surface area contributed by atoms with E-state index in [0.717, 1.165) is 17.0 Å². The van der Waals surface area contributed by atoms with E-state index in [4.69, 9.17) is 5.10 Å². The zero-order valence-corrected chi connectivity index (χ0v) is 21.7. The van der Waals surface area contributed by atoms with Gasteiger partial charge in [0.05, 0.1) is 22.0 Å². The van der Waals surface area contributed by atoms with Gasteiger partial charge in [-0.05, 0) is 53.4 Å². The normalized spacial score (nSPS) is 19.2. The van der Waals surface area contributed by atoms with Crippen LogP contribution in [0.3, 0.4) is 0 Å². The van der Waals surface area contributed by atoms with Crippen molar-refractivity contribution >= 4 is 45.4 Å². The summed E-state index contributed by atoms with van der Waals surface area (Å²) >= 11 is 1.34. The molecule has 0 bridgehead atoms. The predicted molar refractivity (Wildman–Crippen MR) is 149 cm³/mol. The molecule has 1 atom stereocenters. The van der Waals surface area contributed by atoms with Crippen LogP contribution in [0.2, 0.25) is 0 Å². The fraction of sp³-hybridized carbons (Fsp3) is 0.250. The Kier molecular flexibility index (Phi) is 6.55. The van der Waals surface area contributed by atoms with Gasteiger partial charge in [0.15, 0.2) is 10.8 Å². The molecule has 5 rings (SSSR count). The summed E-state index contributed by atoms with van der Waals surface area (Å²) in [6, 6.07) is 24.6. The minimum Gasteiger partial charge on any atom is -0.292 e. The SMILES string of the molecule is CC(=O)C1=NN(c2cccc([N+](=O)[O-])c2)[C@@]2(CCC(c3ccc(C(C)C)cc3)=NN2c2ccccc2)S1. The molecule has 0 N–H and O–H groups in total. The molecule has 37 heavy (non-hydrogen) atoms. The van der Waals surface area contributed by atoms with Crippen LogP contribution in [0.5, 0.6) is 0 Å². The van der Waals surface area contributed by atoms with E-state index in [0.29, 0.717) is 29.5 Å². The quantitative estimate of drug-likeness (QED) is 0.275. The molecule has 0 unspecified atom stereocenters. The molecule has 9 heteroatoms. The zero-order chi connectivity index (χ0) is 26.2. The summed E-state index contributed by atoms with van der Waals surface area (Å²) in [7, 11) is 0. The molecule has 2 aliphatic rings. The Morgan fingerprint density at radius 2 is 1.65 bits per heavy atom. The maximum atomic E-state index is 12.5. The number of ketones is 1. The number of nitro benzene ring substituents is 1. The number of thioether (sulfide) groups is 1. The van der Waals surface area contributed by atoms with Gasteiger partial charge in [-0.2, -0.15) is 10.2 Å². The number of nitrogens with zero attached hydrogens (tertiary/aromatic N) is 5. The second kappa shape index (κ2) is 9.82. The highest BCUT2D eigenvalue weighted by atomic mass is 32.2. The van der Waals surface area contributed by atoms with E-state index in [2.05, 4.69) is 43.2 Å². The molecule has 0 aliphatic carbocycles. The fourth-order valence-electron chi connectivity index (χ4n) is 4.54.